The van der Waals surface area contributed by atoms with E-state index in [0.717, 1.165) is 5.69 Å². The van der Waals surface area contributed by atoms with Gasteiger partial charge in [-0.25, -0.2) is 4.68 Å². The molecule has 9 heteroatoms. The van der Waals surface area contributed by atoms with Crippen molar-refractivity contribution in [2.75, 3.05) is 23.8 Å². The van der Waals surface area contributed by atoms with Gasteiger partial charge in [0.25, 0.3) is 0 Å². The Labute approximate surface area is 154 Å². The number of amides is 2. The van der Waals surface area contributed by atoms with Crippen molar-refractivity contribution in [3.8, 4) is 0 Å². The van der Waals surface area contributed by atoms with Crippen LogP contribution in [0.5, 0.6) is 0 Å². The summed E-state index contributed by atoms with van der Waals surface area (Å²) < 4.78 is 2.35. The van der Waals surface area contributed by atoms with Crippen LogP contribution in [0.1, 0.15) is 13.3 Å². The van der Waals surface area contributed by atoms with Gasteiger partial charge >= 0.3 is 0 Å². The van der Waals surface area contributed by atoms with Gasteiger partial charge in [0, 0.05) is 12.5 Å². The molecule has 0 bridgehead atoms. The van der Waals surface area contributed by atoms with Crippen LogP contribution in [0.15, 0.2) is 29.8 Å². The number of nitrogens with one attached hydrogen (secondary N) is 1. The average molecular weight is 377 g/mol. The zero-order chi connectivity index (χ0) is 18.0. The van der Waals surface area contributed by atoms with Gasteiger partial charge in [-0.2, -0.15) is 5.10 Å². The molecule has 0 aliphatic carbocycles. The summed E-state index contributed by atoms with van der Waals surface area (Å²) in [4.78, 5) is 28.5. The van der Waals surface area contributed by atoms with Crippen molar-refractivity contribution < 1.29 is 9.59 Å². The Bertz CT molecular complexity index is 847. The fourth-order valence-corrected chi connectivity index (χ4v) is 3.59. The zero-order valence-electron chi connectivity index (χ0n) is 14.0. The van der Waals surface area contributed by atoms with E-state index in [9.17, 15) is 9.59 Å². The van der Waals surface area contributed by atoms with Crippen molar-refractivity contribution in [3.63, 3.8) is 0 Å². The maximum absolute atomic E-state index is 12.9. The molecule has 0 radical (unpaired) electrons. The molecule has 0 saturated carbocycles. The normalized spacial score (nSPS) is 17.2. The van der Waals surface area contributed by atoms with Gasteiger partial charge < -0.3 is 10.2 Å². The number of carbonyl (C=O) groups excluding carboxylic acids is 2. The number of aromatic nitrogens is 2. The largest absolute Gasteiger partial charge is 0.324 e. The van der Waals surface area contributed by atoms with E-state index in [1.165, 1.54) is 11.3 Å². The van der Waals surface area contributed by atoms with Crippen LogP contribution in [0.4, 0.5) is 11.4 Å². The molecule has 1 atom stereocenters. The fraction of sp³-hybridized carbons (Fsp3) is 0.375. The molecule has 2 heterocycles. The highest BCUT2D eigenvalue weighted by atomic mass is 32.1. The van der Waals surface area contributed by atoms with Gasteiger partial charge in [-0.15, -0.1) is 0 Å². The molecule has 25 heavy (non-hydrogen) atoms. The van der Waals surface area contributed by atoms with Crippen LogP contribution in [0.3, 0.4) is 0 Å². The standard InChI is InChI=1S/C16H19N5O2S2/c1-11-7-14(22)18-12-5-3-4-6-13(12)21(11)15(23)8-19(2)10-20-16(24)25-9-17-20/h3-6,9,11H,7-8,10H2,1-2H3,(H,18,22)/t11-/m0/s1. The van der Waals surface area contributed by atoms with Crippen molar-refractivity contribution in [1.82, 2.24) is 14.7 Å². The van der Waals surface area contributed by atoms with Crippen LogP contribution >= 0.6 is 23.6 Å². The number of benzene rings is 1. The number of rotatable bonds is 4. The molecule has 1 N–H and O–H groups in total. The molecule has 7 nitrogen and oxygen atoms in total. The quantitative estimate of drug-likeness (QED) is 0.828. The van der Waals surface area contributed by atoms with Gasteiger partial charge in [0.05, 0.1) is 24.6 Å². The summed E-state index contributed by atoms with van der Waals surface area (Å²) in [6.45, 7) is 2.53. The summed E-state index contributed by atoms with van der Waals surface area (Å²) in [5, 5.41) is 7.02. The second-order valence-corrected chi connectivity index (χ2v) is 7.52. The van der Waals surface area contributed by atoms with Crippen LogP contribution in [0.25, 0.3) is 0 Å². The second kappa shape index (κ2) is 7.42. The first-order valence-electron chi connectivity index (χ1n) is 7.86. The smallest absolute Gasteiger partial charge is 0.241 e. The molecular formula is C16H19N5O2S2. The summed E-state index contributed by atoms with van der Waals surface area (Å²) >= 11 is 6.58. The molecule has 0 unspecified atom stereocenters. The molecule has 1 aromatic carbocycles. The van der Waals surface area contributed by atoms with Crippen LogP contribution < -0.4 is 10.2 Å². The number of likely N-dealkylation sites (N-methyl/N-ethyl adjacent to an activating group) is 1. The molecular weight excluding hydrogens is 358 g/mol. The molecule has 1 aliphatic heterocycles. The molecule has 3 rings (SSSR count). The molecule has 2 aromatic rings. The second-order valence-electron chi connectivity index (χ2n) is 6.04. The van der Waals surface area contributed by atoms with Crippen LogP contribution in [0, 0.1) is 3.95 Å². The molecule has 2 amide bonds. The van der Waals surface area contributed by atoms with Crippen LogP contribution in [-0.4, -0.2) is 46.1 Å². The van der Waals surface area contributed by atoms with Crippen LogP contribution in [0.2, 0.25) is 0 Å². The molecule has 0 spiro atoms. The van der Waals surface area contributed by atoms with Crippen molar-refractivity contribution in [3.05, 3.63) is 33.7 Å². The highest BCUT2D eigenvalue weighted by Gasteiger charge is 2.29. The summed E-state index contributed by atoms with van der Waals surface area (Å²) in [6.07, 6.45) is 0.265. The zero-order valence-corrected chi connectivity index (χ0v) is 15.6. The minimum Gasteiger partial charge on any atom is -0.324 e. The third-order valence-corrected chi connectivity index (χ3v) is 5.07. The maximum Gasteiger partial charge on any atom is 0.241 e. The van der Waals surface area contributed by atoms with E-state index < -0.39 is 0 Å². The minimum absolute atomic E-state index is 0.0688. The van der Waals surface area contributed by atoms with E-state index in [4.69, 9.17) is 12.2 Å². The topological polar surface area (TPSA) is 70.5 Å². The van der Waals surface area contributed by atoms with Crippen LogP contribution in [-0.2, 0) is 16.3 Å². The first-order chi connectivity index (χ1) is 12.0. The first kappa shape index (κ1) is 17.7. The Morgan fingerprint density at radius 2 is 2.24 bits per heavy atom. The number of hydrogen-bond donors (Lipinski definition) is 1. The maximum atomic E-state index is 12.9. The molecule has 0 fully saturated rings. The highest BCUT2D eigenvalue weighted by molar-refractivity contribution is 7.73. The van der Waals surface area contributed by atoms with Gasteiger partial charge in [-0.05, 0) is 38.3 Å². The Morgan fingerprint density at radius 3 is 2.96 bits per heavy atom. The van der Waals surface area contributed by atoms with Gasteiger partial charge in [-0.3, -0.25) is 14.5 Å². The Morgan fingerprint density at radius 1 is 1.48 bits per heavy atom. The predicted molar refractivity (Wildman–Crippen MR) is 100 cm³/mol. The van der Waals surface area contributed by atoms with Crippen molar-refractivity contribution in [2.24, 2.45) is 0 Å². The SMILES string of the molecule is C[C@H]1CC(=O)Nc2ccccc2N1C(=O)CN(C)Cn1ncsc1=S. The molecule has 132 valence electrons. The van der Waals surface area contributed by atoms with Gasteiger partial charge in [-0.1, -0.05) is 23.5 Å². The van der Waals surface area contributed by atoms with E-state index >= 15 is 0 Å². The van der Waals surface area contributed by atoms with E-state index in [-0.39, 0.29) is 30.8 Å². The Hall–Kier alpha value is -2.10. The molecule has 1 aliphatic rings. The van der Waals surface area contributed by atoms with Gasteiger partial charge in [0.15, 0.2) is 3.95 Å². The average Bonchev–Trinajstić information content (AvgIpc) is 2.87. The third-order valence-electron chi connectivity index (χ3n) is 3.96. The summed E-state index contributed by atoms with van der Waals surface area (Å²) in [5.74, 6) is -0.155. The molecule has 0 saturated heterocycles. The number of fused-ring (bicyclic) bond motifs is 1. The number of nitrogens with zero attached hydrogens (tertiary/aromatic N) is 4. The lowest BCUT2D eigenvalue weighted by Gasteiger charge is -2.29. The number of para-hydroxylation sites is 2. The Kier molecular flexibility index (Phi) is 5.26. The number of carbonyl (C=O) groups is 2. The van der Waals surface area contributed by atoms with Crippen molar-refractivity contribution >= 4 is 46.7 Å². The lowest BCUT2D eigenvalue weighted by Crippen LogP contribution is -2.44. The lowest BCUT2D eigenvalue weighted by molar-refractivity contribution is -0.120. The highest BCUT2D eigenvalue weighted by Crippen LogP contribution is 2.31. The fourth-order valence-electron chi connectivity index (χ4n) is 2.88. The first-order valence-corrected chi connectivity index (χ1v) is 9.14. The van der Waals surface area contributed by atoms with Gasteiger partial charge in [0.2, 0.25) is 11.8 Å². The van der Waals surface area contributed by atoms with E-state index in [1.807, 2.05) is 43.1 Å². The van der Waals surface area contributed by atoms with Crippen molar-refractivity contribution in [2.45, 2.75) is 26.1 Å². The predicted octanol–water partition coefficient (Wildman–Crippen LogP) is 2.33. The lowest BCUT2D eigenvalue weighted by atomic mass is 10.1. The Balaban J connectivity index is 1.79. The molecule has 1 aromatic heterocycles. The number of anilines is 2. The summed E-state index contributed by atoms with van der Waals surface area (Å²) in [5.41, 5.74) is 3.07. The minimum atomic E-state index is -0.217. The number of hydrogen-bond acceptors (Lipinski definition) is 6. The van der Waals surface area contributed by atoms with E-state index in [1.54, 1.807) is 15.1 Å². The monoisotopic (exact) mass is 377 g/mol. The summed E-state index contributed by atoms with van der Waals surface area (Å²) in [7, 11) is 1.84. The van der Waals surface area contributed by atoms with E-state index in [2.05, 4.69) is 10.4 Å². The third kappa shape index (κ3) is 3.94. The summed E-state index contributed by atoms with van der Waals surface area (Å²) in [6, 6.07) is 7.15. The van der Waals surface area contributed by atoms with Gasteiger partial charge in [0.1, 0.15) is 5.51 Å². The van der Waals surface area contributed by atoms with E-state index in [0.29, 0.717) is 16.3 Å². The van der Waals surface area contributed by atoms with Crippen molar-refractivity contribution in [1.29, 1.82) is 0 Å².